The van der Waals surface area contributed by atoms with Crippen LogP contribution in [0, 0.1) is 0 Å². The first-order chi connectivity index (χ1) is 9.81. The van der Waals surface area contributed by atoms with Gasteiger partial charge >= 0.3 is 6.36 Å². The Bertz CT molecular complexity index is 638. The second kappa shape index (κ2) is 5.55. The average Bonchev–Trinajstić information content (AvgIpc) is 2.66. The summed E-state index contributed by atoms with van der Waals surface area (Å²) < 4.78 is 47.8. The fraction of sp³-hybridized carbons (Fsp3) is 0.308. The Labute approximate surface area is 119 Å². The first-order valence-electron chi connectivity index (χ1n) is 6.15. The van der Waals surface area contributed by atoms with E-state index in [1.165, 1.54) is 22.9 Å². The van der Waals surface area contributed by atoms with Crippen molar-refractivity contribution >= 4 is 5.69 Å². The number of hydrogen-bond acceptors (Lipinski definition) is 4. The molecule has 5 nitrogen and oxygen atoms in total. The lowest BCUT2D eigenvalue weighted by atomic mass is 10.3. The fourth-order valence-corrected chi connectivity index (χ4v) is 1.81. The van der Waals surface area contributed by atoms with Gasteiger partial charge in [0, 0.05) is 7.05 Å². The molecule has 1 heterocycles. The minimum atomic E-state index is -4.80. The van der Waals surface area contributed by atoms with Gasteiger partial charge in [-0.25, -0.2) is 4.68 Å². The maximum atomic E-state index is 12.4. The van der Waals surface area contributed by atoms with Crippen LogP contribution in [0.15, 0.2) is 24.3 Å². The quantitative estimate of drug-likeness (QED) is 0.941. The van der Waals surface area contributed by atoms with Crippen LogP contribution in [0.25, 0.3) is 0 Å². The zero-order valence-corrected chi connectivity index (χ0v) is 11.4. The number of ether oxygens (including phenoxy) is 2. The molecule has 2 aromatic rings. The first-order valence-corrected chi connectivity index (χ1v) is 6.15. The molecule has 0 saturated carbocycles. The number of halogens is 3. The SMILES string of the molecule is CCc1nn(C)c(Oc2ccccc2OC(F)(F)F)c1N. The summed E-state index contributed by atoms with van der Waals surface area (Å²) in [5.41, 5.74) is 6.77. The topological polar surface area (TPSA) is 62.3 Å². The Balaban J connectivity index is 2.34. The van der Waals surface area contributed by atoms with Crippen molar-refractivity contribution in [2.45, 2.75) is 19.7 Å². The molecule has 0 aliphatic rings. The lowest BCUT2D eigenvalue weighted by Crippen LogP contribution is -2.17. The third-order valence-corrected chi connectivity index (χ3v) is 2.72. The van der Waals surface area contributed by atoms with E-state index in [1.807, 2.05) is 6.92 Å². The van der Waals surface area contributed by atoms with Gasteiger partial charge in [-0.1, -0.05) is 19.1 Å². The van der Waals surface area contributed by atoms with Crippen LogP contribution in [0.2, 0.25) is 0 Å². The Morgan fingerprint density at radius 3 is 2.38 bits per heavy atom. The largest absolute Gasteiger partial charge is 0.573 e. The molecule has 2 N–H and O–H groups in total. The molecule has 0 aliphatic heterocycles. The van der Waals surface area contributed by atoms with Crippen LogP contribution in [0.1, 0.15) is 12.6 Å². The maximum absolute atomic E-state index is 12.4. The van der Waals surface area contributed by atoms with Crippen molar-refractivity contribution < 1.29 is 22.6 Å². The average molecular weight is 301 g/mol. The number of hydrogen-bond donors (Lipinski definition) is 1. The second-order valence-electron chi connectivity index (χ2n) is 4.24. The number of aryl methyl sites for hydroxylation is 2. The molecule has 8 heteroatoms. The summed E-state index contributed by atoms with van der Waals surface area (Å²) in [7, 11) is 1.60. The predicted molar refractivity (Wildman–Crippen MR) is 70.2 cm³/mol. The molecule has 0 amide bonds. The Morgan fingerprint density at radius 1 is 1.24 bits per heavy atom. The van der Waals surface area contributed by atoms with Gasteiger partial charge in [0.2, 0.25) is 5.88 Å². The van der Waals surface area contributed by atoms with E-state index in [1.54, 1.807) is 7.05 Å². The minimum absolute atomic E-state index is 0.0906. The number of nitrogen functional groups attached to an aromatic ring is 1. The molecule has 0 bridgehead atoms. The van der Waals surface area contributed by atoms with E-state index < -0.39 is 12.1 Å². The summed E-state index contributed by atoms with van der Waals surface area (Å²) >= 11 is 0. The molecular formula is C13H14F3N3O2. The van der Waals surface area contributed by atoms with Crippen LogP contribution in [0.3, 0.4) is 0 Å². The highest BCUT2D eigenvalue weighted by atomic mass is 19.4. The number of anilines is 1. The van der Waals surface area contributed by atoms with Gasteiger partial charge in [0.15, 0.2) is 11.5 Å². The van der Waals surface area contributed by atoms with E-state index >= 15 is 0 Å². The molecule has 0 radical (unpaired) electrons. The minimum Gasteiger partial charge on any atom is -0.433 e. The maximum Gasteiger partial charge on any atom is 0.573 e. The lowest BCUT2D eigenvalue weighted by Gasteiger charge is -2.13. The van der Waals surface area contributed by atoms with E-state index in [-0.39, 0.29) is 11.6 Å². The van der Waals surface area contributed by atoms with Crippen LogP contribution in [0.4, 0.5) is 18.9 Å². The number of rotatable bonds is 4. The van der Waals surface area contributed by atoms with E-state index in [4.69, 9.17) is 10.5 Å². The second-order valence-corrected chi connectivity index (χ2v) is 4.24. The molecule has 1 aromatic carbocycles. The molecule has 0 atom stereocenters. The van der Waals surface area contributed by atoms with Crippen LogP contribution in [0.5, 0.6) is 17.4 Å². The summed E-state index contributed by atoms with van der Waals surface area (Å²) in [5, 5.41) is 4.13. The van der Waals surface area contributed by atoms with E-state index in [9.17, 15) is 13.2 Å². The van der Waals surface area contributed by atoms with Gasteiger partial charge in [-0.3, -0.25) is 0 Å². The van der Waals surface area contributed by atoms with Crippen LogP contribution in [-0.4, -0.2) is 16.1 Å². The number of nitrogens with two attached hydrogens (primary N) is 1. The molecule has 1 aromatic heterocycles. The molecule has 0 fully saturated rings. The summed E-state index contributed by atoms with van der Waals surface area (Å²) in [6.07, 6.45) is -4.21. The standard InChI is InChI=1S/C13H14F3N3O2/c1-3-8-11(17)12(19(2)18-8)20-9-6-4-5-7-10(9)21-13(14,15)16/h4-7H,3,17H2,1-2H3. The zero-order chi connectivity index (χ0) is 15.6. The molecule has 0 aliphatic carbocycles. The fourth-order valence-electron chi connectivity index (χ4n) is 1.81. The normalized spacial score (nSPS) is 11.5. The van der Waals surface area contributed by atoms with Crippen molar-refractivity contribution in [1.29, 1.82) is 0 Å². The zero-order valence-electron chi connectivity index (χ0n) is 11.4. The highest BCUT2D eigenvalue weighted by molar-refractivity contribution is 5.55. The lowest BCUT2D eigenvalue weighted by molar-refractivity contribution is -0.275. The van der Waals surface area contributed by atoms with Crippen LogP contribution >= 0.6 is 0 Å². The van der Waals surface area contributed by atoms with Gasteiger partial charge < -0.3 is 15.2 Å². The molecule has 0 saturated heterocycles. The van der Waals surface area contributed by atoms with Gasteiger partial charge in [-0.15, -0.1) is 13.2 Å². The highest BCUT2D eigenvalue weighted by Gasteiger charge is 2.32. The smallest absolute Gasteiger partial charge is 0.433 e. The van der Waals surface area contributed by atoms with Crippen molar-refractivity contribution in [2.75, 3.05) is 5.73 Å². The molecule has 0 spiro atoms. The van der Waals surface area contributed by atoms with Gasteiger partial charge in [-0.2, -0.15) is 5.10 Å². The Kier molecular flexibility index (Phi) is 3.97. The van der Waals surface area contributed by atoms with Crippen molar-refractivity contribution in [3.63, 3.8) is 0 Å². The Morgan fingerprint density at radius 2 is 1.86 bits per heavy atom. The van der Waals surface area contributed by atoms with Gasteiger partial charge in [-0.05, 0) is 18.6 Å². The third kappa shape index (κ3) is 3.39. The van der Waals surface area contributed by atoms with Crippen molar-refractivity contribution in [3.05, 3.63) is 30.0 Å². The number of alkyl halides is 3. The number of para-hydroxylation sites is 2. The van der Waals surface area contributed by atoms with Crippen molar-refractivity contribution in [2.24, 2.45) is 7.05 Å². The van der Waals surface area contributed by atoms with E-state index in [0.717, 1.165) is 6.07 Å². The molecule has 0 unspecified atom stereocenters. The first kappa shape index (κ1) is 15.0. The summed E-state index contributed by atoms with van der Waals surface area (Å²) in [6.45, 7) is 1.86. The van der Waals surface area contributed by atoms with Gasteiger partial charge in [0.1, 0.15) is 5.69 Å². The van der Waals surface area contributed by atoms with E-state index in [0.29, 0.717) is 17.8 Å². The van der Waals surface area contributed by atoms with Gasteiger partial charge in [0.05, 0.1) is 5.69 Å². The molecular weight excluding hydrogens is 287 g/mol. The molecule has 21 heavy (non-hydrogen) atoms. The monoisotopic (exact) mass is 301 g/mol. The summed E-state index contributed by atoms with van der Waals surface area (Å²) in [4.78, 5) is 0. The number of aromatic nitrogens is 2. The van der Waals surface area contributed by atoms with Gasteiger partial charge in [0.25, 0.3) is 0 Å². The van der Waals surface area contributed by atoms with Crippen molar-refractivity contribution in [1.82, 2.24) is 9.78 Å². The highest BCUT2D eigenvalue weighted by Crippen LogP contribution is 2.37. The number of nitrogens with zero attached hydrogens (tertiary/aromatic N) is 2. The third-order valence-electron chi connectivity index (χ3n) is 2.72. The summed E-state index contributed by atoms with van der Waals surface area (Å²) in [6, 6.07) is 5.47. The van der Waals surface area contributed by atoms with Crippen molar-refractivity contribution in [3.8, 4) is 17.4 Å². The summed E-state index contributed by atoms with van der Waals surface area (Å²) in [5.74, 6) is -0.360. The van der Waals surface area contributed by atoms with E-state index in [2.05, 4.69) is 9.84 Å². The number of benzene rings is 1. The molecule has 114 valence electrons. The van der Waals surface area contributed by atoms with Crippen LogP contribution in [-0.2, 0) is 13.5 Å². The Hall–Kier alpha value is -2.38. The van der Waals surface area contributed by atoms with Crippen LogP contribution < -0.4 is 15.2 Å². The molecule has 2 rings (SSSR count). The predicted octanol–water partition coefficient (Wildman–Crippen LogP) is 3.26.